The molecular formula is C18H21FN4O2S. The van der Waals surface area contributed by atoms with E-state index in [-0.39, 0.29) is 30.1 Å². The Morgan fingerprint density at radius 3 is 2.77 bits per heavy atom. The molecule has 0 bridgehead atoms. The minimum atomic E-state index is -0.327. The summed E-state index contributed by atoms with van der Waals surface area (Å²) in [6, 6.07) is 5.84. The van der Waals surface area contributed by atoms with E-state index in [9.17, 15) is 14.0 Å². The molecule has 3 rings (SSSR count). The Balaban J connectivity index is 1.91. The number of thiazole rings is 1. The number of nitrogens with zero attached hydrogens (tertiary/aromatic N) is 2. The average Bonchev–Trinajstić information content (AvgIpc) is 3.04. The summed E-state index contributed by atoms with van der Waals surface area (Å²) >= 11 is 1.40. The molecule has 8 heteroatoms. The van der Waals surface area contributed by atoms with Crippen molar-refractivity contribution < 1.29 is 14.0 Å². The molecule has 2 aromatic rings. The highest BCUT2D eigenvalue weighted by Crippen LogP contribution is 2.32. The number of hydrogen-bond acceptors (Lipinski definition) is 5. The second-order valence-corrected chi connectivity index (χ2v) is 7.54. The highest BCUT2D eigenvalue weighted by molar-refractivity contribution is 7.15. The number of benzene rings is 1. The van der Waals surface area contributed by atoms with Crippen LogP contribution < -0.4 is 11.3 Å². The molecular weight excluding hydrogens is 355 g/mol. The Morgan fingerprint density at radius 1 is 1.35 bits per heavy atom. The fourth-order valence-electron chi connectivity index (χ4n) is 3.26. The molecule has 2 amide bonds. The van der Waals surface area contributed by atoms with Crippen LogP contribution in [-0.2, 0) is 4.79 Å². The Kier molecular flexibility index (Phi) is 5.63. The maximum atomic E-state index is 13.2. The Morgan fingerprint density at radius 2 is 2.08 bits per heavy atom. The summed E-state index contributed by atoms with van der Waals surface area (Å²) in [5.41, 5.74) is 3.25. The van der Waals surface area contributed by atoms with Crippen molar-refractivity contribution in [3.8, 4) is 10.4 Å². The zero-order valence-electron chi connectivity index (χ0n) is 14.5. The molecule has 2 heterocycles. The standard InChI is InChI=1S/C18H21FN4O2S/c1-11-21-16(17(26-11)12-5-7-13(19)8-6-12)18(25)23-9-3-2-4-14(23)10-15(24)22-20/h5-8,14H,2-4,9-10,20H2,1H3,(H,22,24). The maximum absolute atomic E-state index is 13.2. The number of nitrogens with two attached hydrogens (primary N) is 1. The molecule has 1 aliphatic rings. The first kappa shape index (κ1) is 18.5. The van der Waals surface area contributed by atoms with Gasteiger partial charge in [0.25, 0.3) is 5.91 Å². The van der Waals surface area contributed by atoms with E-state index in [0.29, 0.717) is 12.2 Å². The molecule has 0 spiro atoms. The van der Waals surface area contributed by atoms with Gasteiger partial charge in [-0.15, -0.1) is 11.3 Å². The van der Waals surface area contributed by atoms with E-state index in [4.69, 9.17) is 5.84 Å². The lowest BCUT2D eigenvalue weighted by Crippen LogP contribution is -2.47. The van der Waals surface area contributed by atoms with Gasteiger partial charge < -0.3 is 4.90 Å². The molecule has 3 N–H and O–H groups in total. The number of rotatable bonds is 4. The zero-order valence-corrected chi connectivity index (χ0v) is 15.3. The van der Waals surface area contributed by atoms with Gasteiger partial charge in [0.1, 0.15) is 11.5 Å². The second kappa shape index (κ2) is 7.92. The van der Waals surface area contributed by atoms with Gasteiger partial charge in [0.05, 0.1) is 9.88 Å². The lowest BCUT2D eigenvalue weighted by Gasteiger charge is -2.35. The zero-order chi connectivity index (χ0) is 18.7. The number of amides is 2. The van der Waals surface area contributed by atoms with Crippen molar-refractivity contribution in [1.29, 1.82) is 0 Å². The summed E-state index contributed by atoms with van der Waals surface area (Å²) in [5, 5.41) is 0.765. The SMILES string of the molecule is Cc1nc(C(=O)N2CCCCC2CC(=O)NN)c(-c2ccc(F)cc2)s1. The van der Waals surface area contributed by atoms with Gasteiger partial charge in [0.2, 0.25) is 5.91 Å². The summed E-state index contributed by atoms with van der Waals surface area (Å²) in [4.78, 5) is 31.7. The van der Waals surface area contributed by atoms with Crippen LogP contribution in [0, 0.1) is 12.7 Å². The predicted octanol–water partition coefficient (Wildman–Crippen LogP) is 2.63. The molecule has 0 saturated carbocycles. The van der Waals surface area contributed by atoms with Crippen molar-refractivity contribution in [2.24, 2.45) is 5.84 Å². The van der Waals surface area contributed by atoms with Crippen molar-refractivity contribution >= 4 is 23.2 Å². The topological polar surface area (TPSA) is 88.3 Å². The fraction of sp³-hybridized carbons (Fsp3) is 0.389. The molecule has 1 unspecified atom stereocenters. The lowest BCUT2D eigenvalue weighted by molar-refractivity contribution is -0.122. The Hall–Kier alpha value is -2.32. The van der Waals surface area contributed by atoms with E-state index in [1.165, 1.54) is 23.5 Å². The van der Waals surface area contributed by atoms with Crippen molar-refractivity contribution in [3.63, 3.8) is 0 Å². The van der Waals surface area contributed by atoms with E-state index in [2.05, 4.69) is 10.4 Å². The number of likely N-dealkylation sites (tertiary alicyclic amines) is 1. The second-order valence-electron chi connectivity index (χ2n) is 6.34. The van der Waals surface area contributed by atoms with Crippen LogP contribution in [0.2, 0.25) is 0 Å². The first-order valence-corrected chi connectivity index (χ1v) is 9.35. The lowest BCUT2D eigenvalue weighted by atomic mass is 9.98. The maximum Gasteiger partial charge on any atom is 0.274 e. The number of hydrogen-bond donors (Lipinski definition) is 2. The molecule has 1 saturated heterocycles. The monoisotopic (exact) mass is 376 g/mol. The van der Waals surface area contributed by atoms with Gasteiger partial charge in [-0.05, 0) is 43.9 Å². The first-order valence-electron chi connectivity index (χ1n) is 8.53. The Bertz CT molecular complexity index is 806. The van der Waals surface area contributed by atoms with Crippen LogP contribution in [0.3, 0.4) is 0 Å². The number of hydrazine groups is 1. The molecule has 1 fully saturated rings. The van der Waals surface area contributed by atoms with Gasteiger partial charge in [-0.3, -0.25) is 15.0 Å². The van der Waals surface area contributed by atoms with Crippen LogP contribution >= 0.6 is 11.3 Å². The van der Waals surface area contributed by atoms with Crippen LogP contribution in [0.5, 0.6) is 0 Å². The molecule has 6 nitrogen and oxygen atoms in total. The molecule has 0 radical (unpaired) electrons. The average molecular weight is 376 g/mol. The molecule has 138 valence electrons. The van der Waals surface area contributed by atoms with Gasteiger partial charge in [-0.25, -0.2) is 15.2 Å². The van der Waals surface area contributed by atoms with Crippen molar-refractivity contribution in [2.75, 3.05) is 6.54 Å². The third kappa shape index (κ3) is 3.91. The number of carbonyl (C=O) groups is 2. The number of aromatic nitrogens is 1. The third-order valence-corrected chi connectivity index (χ3v) is 5.53. The van der Waals surface area contributed by atoms with Crippen LogP contribution in [0.1, 0.15) is 41.2 Å². The molecule has 1 atom stereocenters. The minimum Gasteiger partial charge on any atom is -0.334 e. The summed E-state index contributed by atoms with van der Waals surface area (Å²) < 4.78 is 13.2. The number of piperidine rings is 1. The van der Waals surface area contributed by atoms with Crippen molar-refractivity contribution in [2.45, 2.75) is 38.6 Å². The van der Waals surface area contributed by atoms with E-state index in [1.807, 2.05) is 6.92 Å². The van der Waals surface area contributed by atoms with Gasteiger partial charge in [-0.1, -0.05) is 12.1 Å². The molecule has 1 aromatic carbocycles. The molecule has 1 aromatic heterocycles. The van der Waals surface area contributed by atoms with Gasteiger partial charge in [-0.2, -0.15) is 0 Å². The van der Waals surface area contributed by atoms with Crippen molar-refractivity contribution in [3.05, 3.63) is 40.8 Å². The van der Waals surface area contributed by atoms with Crippen LogP contribution in [0.25, 0.3) is 10.4 Å². The quantitative estimate of drug-likeness (QED) is 0.488. The predicted molar refractivity (Wildman–Crippen MR) is 97.9 cm³/mol. The normalized spacial score (nSPS) is 17.2. The highest BCUT2D eigenvalue weighted by atomic mass is 32.1. The number of aryl methyl sites for hydroxylation is 1. The summed E-state index contributed by atoms with van der Waals surface area (Å²) in [6.07, 6.45) is 2.79. The van der Waals surface area contributed by atoms with Crippen molar-refractivity contribution in [1.82, 2.24) is 15.3 Å². The van der Waals surface area contributed by atoms with Gasteiger partial charge >= 0.3 is 0 Å². The van der Waals surface area contributed by atoms with E-state index in [1.54, 1.807) is 17.0 Å². The highest BCUT2D eigenvalue weighted by Gasteiger charge is 2.32. The molecule has 1 aliphatic heterocycles. The number of halogens is 1. The number of carbonyl (C=O) groups excluding carboxylic acids is 2. The largest absolute Gasteiger partial charge is 0.334 e. The smallest absolute Gasteiger partial charge is 0.274 e. The number of nitrogens with one attached hydrogen (secondary N) is 1. The summed E-state index contributed by atoms with van der Waals surface area (Å²) in [6.45, 7) is 2.42. The van der Waals surface area contributed by atoms with E-state index in [0.717, 1.165) is 34.7 Å². The van der Waals surface area contributed by atoms with E-state index < -0.39 is 0 Å². The van der Waals surface area contributed by atoms with Gasteiger partial charge in [0, 0.05) is 19.0 Å². The van der Waals surface area contributed by atoms with E-state index >= 15 is 0 Å². The molecule has 26 heavy (non-hydrogen) atoms. The summed E-state index contributed by atoms with van der Waals surface area (Å²) in [5.74, 6) is 4.39. The van der Waals surface area contributed by atoms with Crippen LogP contribution in [-0.4, -0.2) is 34.3 Å². The Labute approximate surface area is 155 Å². The minimum absolute atomic E-state index is 0.178. The van der Waals surface area contributed by atoms with Crippen LogP contribution in [0.15, 0.2) is 24.3 Å². The third-order valence-electron chi connectivity index (χ3n) is 4.51. The fourth-order valence-corrected chi connectivity index (χ4v) is 4.17. The molecule has 0 aliphatic carbocycles. The first-order chi connectivity index (χ1) is 12.5. The van der Waals surface area contributed by atoms with Crippen LogP contribution in [0.4, 0.5) is 4.39 Å². The van der Waals surface area contributed by atoms with Gasteiger partial charge in [0.15, 0.2) is 0 Å². The summed E-state index contributed by atoms with van der Waals surface area (Å²) in [7, 11) is 0.